The molecule has 0 atom stereocenters. The van der Waals surface area contributed by atoms with Crippen LogP contribution in [0.25, 0.3) is 0 Å². The molecule has 2 rings (SSSR count). The largest absolute Gasteiger partial charge is 0.338 e. The molecule has 0 aliphatic heterocycles. The van der Waals surface area contributed by atoms with E-state index < -0.39 is 0 Å². The molecule has 5 nitrogen and oxygen atoms in total. The van der Waals surface area contributed by atoms with Gasteiger partial charge in [0.1, 0.15) is 0 Å². The SMILES string of the molecule is Cc1cc(C)c(CNC(=O)NCCC2=CCCCC2)c(=O)[nH]1. The van der Waals surface area contributed by atoms with Crippen LogP contribution in [0.5, 0.6) is 0 Å². The van der Waals surface area contributed by atoms with E-state index >= 15 is 0 Å². The molecular formula is C17H25N3O2. The summed E-state index contributed by atoms with van der Waals surface area (Å²) in [6.07, 6.45) is 8.06. The van der Waals surface area contributed by atoms with E-state index in [-0.39, 0.29) is 18.1 Å². The number of aryl methyl sites for hydroxylation is 2. The Hall–Kier alpha value is -2.04. The van der Waals surface area contributed by atoms with Gasteiger partial charge in [0.05, 0.1) is 6.54 Å². The molecule has 0 saturated carbocycles. The van der Waals surface area contributed by atoms with Crippen LogP contribution in [-0.4, -0.2) is 17.6 Å². The fraction of sp³-hybridized carbons (Fsp3) is 0.529. The Morgan fingerprint density at radius 1 is 1.27 bits per heavy atom. The van der Waals surface area contributed by atoms with Crippen molar-refractivity contribution in [3.63, 3.8) is 0 Å². The average molecular weight is 303 g/mol. The lowest BCUT2D eigenvalue weighted by Gasteiger charge is -2.13. The average Bonchev–Trinajstić information content (AvgIpc) is 2.47. The Morgan fingerprint density at radius 2 is 2.09 bits per heavy atom. The number of urea groups is 1. The summed E-state index contributed by atoms with van der Waals surface area (Å²) in [7, 11) is 0. The number of aromatic amines is 1. The number of H-pyrrole nitrogens is 1. The van der Waals surface area contributed by atoms with Gasteiger partial charge in [-0.3, -0.25) is 4.79 Å². The van der Waals surface area contributed by atoms with E-state index in [0.29, 0.717) is 12.1 Å². The number of pyridine rings is 1. The third kappa shape index (κ3) is 4.76. The van der Waals surface area contributed by atoms with Gasteiger partial charge in [0.15, 0.2) is 0 Å². The standard InChI is InChI=1S/C17H25N3O2/c1-12-10-13(2)20-16(21)15(12)11-19-17(22)18-9-8-14-6-4-3-5-7-14/h6,10H,3-5,7-9,11H2,1-2H3,(H,20,21)(H2,18,19,22). The summed E-state index contributed by atoms with van der Waals surface area (Å²) in [5.41, 5.74) is 3.64. The van der Waals surface area contributed by atoms with Crippen LogP contribution in [0.2, 0.25) is 0 Å². The van der Waals surface area contributed by atoms with Gasteiger partial charge in [-0.25, -0.2) is 4.79 Å². The highest BCUT2D eigenvalue weighted by molar-refractivity contribution is 5.73. The van der Waals surface area contributed by atoms with E-state index in [1.807, 2.05) is 19.9 Å². The molecule has 1 heterocycles. The third-order valence-corrected chi connectivity index (χ3v) is 4.04. The minimum Gasteiger partial charge on any atom is -0.338 e. The van der Waals surface area contributed by atoms with E-state index in [0.717, 1.165) is 30.5 Å². The third-order valence-electron chi connectivity index (χ3n) is 4.04. The quantitative estimate of drug-likeness (QED) is 0.732. The number of carbonyl (C=O) groups excluding carboxylic acids is 1. The molecule has 1 aliphatic carbocycles. The van der Waals surface area contributed by atoms with Crippen LogP contribution in [0.15, 0.2) is 22.5 Å². The number of hydrogen-bond acceptors (Lipinski definition) is 2. The van der Waals surface area contributed by atoms with Crippen LogP contribution < -0.4 is 16.2 Å². The number of hydrogen-bond donors (Lipinski definition) is 3. The second-order valence-corrected chi connectivity index (χ2v) is 5.91. The first kappa shape index (κ1) is 16.3. The van der Waals surface area contributed by atoms with Crippen molar-refractivity contribution in [1.29, 1.82) is 0 Å². The van der Waals surface area contributed by atoms with Crippen molar-refractivity contribution in [2.45, 2.75) is 52.5 Å². The zero-order valence-electron chi connectivity index (χ0n) is 13.4. The Labute approximate surface area is 131 Å². The maximum atomic E-state index is 11.9. The topological polar surface area (TPSA) is 74.0 Å². The van der Waals surface area contributed by atoms with Crippen LogP contribution in [0.4, 0.5) is 4.79 Å². The lowest BCUT2D eigenvalue weighted by atomic mass is 9.97. The molecule has 0 unspecified atom stereocenters. The van der Waals surface area contributed by atoms with E-state index in [9.17, 15) is 9.59 Å². The highest BCUT2D eigenvalue weighted by Crippen LogP contribution is 2.19. The van der Waals surface area contributed by atoms with Crippen LogP contribution >= 0.6 is 0 Å². The van der Waals surface area contributed by atoms with E-state index in [1.54, 1.807) is 0 Å². The normalized spacial score (nSPS) is 14.4. The molecule has 1 aromatic heterocycles. The van der Waals surface area contributed by atoms with Gasteiger partial charge in [0.25, 0.3) is 5.56 Å². The van der Waals surface area contributed by atoms with Gasteiger partial charge in [-0.2, -0.15) is 0 Å². The van der Waals surface area contributed by atoms with Crippen molar-refractivity contribution < 1.29 is 4.79 Å². The van der Waals surface area contributed by atoms with Crippen molar-refractivity contribution >= 4 is 6.03 Å². The van der Waals surface area contributed by atoms with E-state index in [1.165, 1.54) is 18.4 Å². The van der Waals surface area contributed by atoms with Crippen molar-refractivity contribution in [1.82, 2.24) is 15.6 Å². The van der Waals surface area contributed by atoms with E-state index in [2.05, 4.69) is 21.7 Å². The minimum absolute atomic E-state index is 0.134. The predicted molar refractivity (Wildman–Crippen MR) is 87.9 cm³/mol. The van der Waals surface area contributed by atoms with Gasteiger partial charge in [-0.15, -0.1) is 0 Å². The van der Waals surface area contributed by atoms with Gasteiger partial charge < -0.3 is 15.6 Å². The molecule has 0 spiro atoms. The number of aromatic nitrogens is 1. The second kappa shape index (κ2) is 7.82. The highest BCUT2D eigenvalue weighted by atomic mass is 16.2. The lowest BCUT2D eigenvalue weighted by Crippen LogP contribution is -2.37. The van der Waals surface area contributed by atoms with Gasteiger partial charge in [0, 0.05) is 17.8 Å². The Bertz CT molecular complexity index is 617. The highest BCUT2D eigenvalue weighted by Gasteiger charge is 2.08. The number of allylic oxidation sites excluding steroid dienone is 1. The minimum atomic E-state index is -0.226. The Morgan fingerprint density at radius 3 is 2.77 bits per heavy atom. The first-order chi connectivity index (χ1) is 10.6. The second-order valence-electron chi connectivity index (χ2n) is 5.91. The Kier molecular flexibility index (Phi) is 5.81. The summed E-state index contributed by atoms with van der Waals surface area (Å²) in [6, 6.07) is 1.68. The molecule has 2 amide bonds. The molecule has 0 saturated heterocycles. The summed E-state index contributed by atoms with van der Waals surface area (Å²) >= 11 is 0. The fourth-order valence-corrected chi connectivity index (χ4v) is 2.80. The summed E-state index contributed by atoms with van der Waals surface area (Å²) in [4.78, 5) is 26.4. The maximum absolute atomic E-state index is 11.9. The molecular weight excluding hydrogens is 278 g/mol. The van der Waals surface area contributed by atoms with E-state index in [4.69, 9.17) is 0 Å². The summed E-state index contributed by atoms with van der Waals surface area (Å²) in [6.45, 7) is 4.61. The molecule has 3 N–H and O–H groups in total. The maximum Gasteiger partial charge on any atom is 0.315 e. The van der Waals surface area contributed by atoms with Crippen molar-refractivity contribution in [2.24, 2.45) is 0 Å². The van der Waals surface area contributed by atoms with Gasteiger partial charge in [-0.1, -0.05) is 11.6 Å². The molecule has 0 radical (unpaired) electrons. The van der Waals surface area contributed by atoms with Crippen LogP contribution in [-0.2, 0) is 6.54 Å². The van der Waals surface area contributed by atoms with Crippen LogP contribution in [0, 0.1) is 13.8 Å². The molecule has 5 heteroatoms. The molecule has 0 aromatic carbocycles. The predicted octanol–water partition coefficient (Wildman–Crippen LogP) is 2.68. The number of carbonyl (C=O) groups is 1. The van der Waals surface area contributed by atoms with Crippen LogP contribution in [0.1, 0.15) is 48.9 Å². The van der Waals surface area contributed by atoms with Gasteiger partial charge in [0.2, 0.25) is 0 Å². The molecule has 0 fully saturated rings. The summed E-state index contributed by atoms with van der Waals surface area (Å²) in [5.74, 6) is 0. The summed E-state index contributed by atoms with van der Waals surface area (Å²) < 4.78 is 0. The number of nitrogens with one attached hydrogen (secondary N) is 3. The lowest BCUT2D eigenvalue weighted by molar-refractivity contribution is 0.240. The number of amides is 2. The monoisotopic (exact) mass is 303 g/mol. The zero-order valence-corrected chi connectivity index (χ0v) is 13.4. The Balaban J connectivity index is 1.76. The van der Waals surface area contributed by atoms with Gasteiger partial charge in [-0.05, 0) is 57.6 Å². The zero-order chi connectivity index (χ0) is 15.9. The smallest absolute Gasteiger partial charge is 0.315 e. The summed E-state index contributed by atoms with van der Waals surface area (Å²) in [5, 5.41) is 5.60. The first-order valence-corrected chi connectivity index (χ1v) is 7.95. The number of rotatable bonds is 5. The van der Waals surface area contributed by atoms with Crippen molar-refractivity contribution in [2.75, 3.05) is 6.54 Å². The fourth-order valence-electron chi connectivity index (χ4n) is 2.80. The van der Waals surface area contributed by atoms with Crippen molar-refractivity contribution in [3.05, 3.63) is 44.9 Å². The van der Waals surface area contributed by atoms with Crippen LogP contribution in [0.3, 0.4) is 0 Å². The molecule has 120 valence electrons. The van der Waals surface area contributed by atoms with Crippen molar-refractivity contribution in [3.8, 4) is 0 Å². The van der Waals surface area contributed by atoms with Gasteiger partial charge >= 0.3 is 6.03 Å². The molecule has 22 heavy (non-hydrogen) atoms. The molecule has 1 aliphatic rings. The molecule has 0 bridgehead atoms. The first-order valence-electron chi connectivity index (χ1n) is 7.95. The molecule has 1 aromatic rings.